The summed E-state index contributed by atoms with van der Waals surface area (Å²) in [5.41, 5.74) is 5.11. The maximum atomic E-state index is 2.28. The van der Waals surface area contributed by atoms with E-state index in [0.717, 1.165) is 0 Å². The van der Waals surface area contributed by atoms with Crippen LogP contribution in [0.15, 0.2) is 44.4 Å². The van der Waals surface area contributed by atoms with Gasteiger partial charge in [-0.05, 0) is 22.9 Å². The highest BCUT2D eigenvalue weighted by atomic mass is 32.1. The predicted octanol–water partition coefficient (Wildman–Crippen LogP) is 6.62. The molecule has 0 spiro atoms. The Balaban J connectivity index is 1.76. The van der Waals surface area contributed by atoms with E-state index < -0.39 is 0 Å². The van der Waals surface area contributed by atoms with Crippen LogP contribution in [0.25, 0.3) is 9.40 Å². The molecule has 0 saturated carbocycles. The van der Waals surface area contributed by atoms with Crippen molar-refractivity contribution in [3.63, 3.8) is 0 Å². The average Bonchev–Trinajstić information content (AvgIpc) is 3.30. The van der Waals surface area contributed by atoms with Crippen LogP contribution in [0.5, 0.6) is 0 Å². The summed E-state index contributed by atoms with van der Waals surface area (Å²) in [5, 5.41) is 13.2. The number of fused-ring (bicyclic) bond motifs is 1. The van der Waals surface area contributed by atoms with Crippen LogP contribution in [0.3, 0.4) is 0 Å². The van der Waals surface area contributed by atoms with Crippen molar-refractivity contribution in [2.75, 3.05) is 23.9 Å². The minimum atomic E-state index is 1.26. The van der Waals surface area contributed by atoms with Gasteiger partial charge in [0.2, 0.25) is 0 Å². The van der Waals surface area contributed by atoms with Crippen LogP contribution in [0.2, 0.25) is 0 Å². The largest absolute Gasteiger partial charge is 0.342 e. The van der Waals surface area contributed by atoms with Gasteiger partial charge in [0, 0.05) is 35.6 Å². The van der Waals surface area contributed by atoms with Crippen molar-refractivity contribution in [1.82, 2.24) is 0 Å². The fraction of sp³-hybridized carbons (Fsp3) is 0.125. The SMILES string of the molecule is CN(c1ccsc1)c1csc2c(N(C)c3ccsc3)csc12. The molecule has 0 aliphatic rings. The van der Waals surface area contributed by atoms with E-state index >= 15 is 0 Å². The zero-order chi connectivity index (χ0) is 15.1. The highest BCUT2D eigenvalue weighted by molar-refractivity contribution is 7.28. The molecule has 0 amide bonds. The molecule has 112 valence electrons. The third-order valence-corrected chi connectivity index (χ3v) is 7.21. The molecule has 6 heteroatoms. The van der Waals surface area contributed by atoms with Crippen molar-refractivity contribution in [2.24, 2.45) is 0 Å². The van der Waals surface area contributed by atoms with Gasteiger partial charge in [-0.1, -0.05) is 0 Å². The summed E-state index contributed by atoms with van der Waals surface area (Å²) in [6.07, 6.45) is 0. The summed E-state index contributed by atoms with van der Waals surface area (Å²) in [4.78, 5) is 4.56. The Bertz CT molecular complexity index is 797. The molecule has 4 aromatic heterocycles. The Morgan fingerprint density at radius 3 is 1.50 bits per heavy atom. The number of nitrogens with zero attached hydrogens (tertiary/aromatic N) is 2. The molecule has 0 aliphatic heterocycles. The summed E-state index contributed by atoms with van der Waals surface area (Å²) >= 11 is 7.14. The summed E-state index contributed by atoms with van der Waals surface area (Å²) in [6, 6.07) is 4.33. The smallest absolute Gasteiger partial charge is 0.0709 e. The van der Waals surface area contributed by atoms with Crippen molar-refractivity contribution >= 4 is 77.5 Å². The Hall–Kier alpha value is -1.34. The first-order valence-electron chi connectivity index (χ1n) is 6.76. The quantitative estimate of drug-likeness (QED) is 0.402. The molecule has 4 aromatic rings. The van der Waals surface area contributed by atoms with E-state index in [9.17, 15) is 0 Å². The molecular formula is C16H14N2S4. The molecule has 0 fully saturated rings. The minimum Gasteiger partial charge on any atom is -0.342 e. The van der Waals surface area contributed by atoms with Gasteiger partial charge >= 0.3 is 0 Å². The number of thiophene rings is 4. The van der Waals surface area contributed by atoms with Crippen molar-refractivity contribution in [3.8, 4) is 0 Å². The molecule has 0 bridgehead atoms. The second kappa shape index (κ2) is 5.70. The average molecular weight is 363 g/mol. The summed E-state index contributed by atoms with van der Waals surface area (Å²) in [5.74, 6) is 0. The van der Waals surface area contributed by atoms with Crippen LogP contribution in [0.4, 0.5) is 22.7 Å². The van der Waals surface area contributed by atoms with E-state index in [1.165, 1.54) is 32.1 Å². The summed E-state index contributed by atoms with van der Waals surface area (Å²) < 4.78 is 2.74. The van der Waals surface area contributed by atoms with Crippen LogP contribution >= 0.6 is 45.3 Å². The molecule has 0 aromatic carbocycles. The van der Waals surface area contributed by atoms with Crippen molar-refractivity contribution < 1.29 is 0 Å². The van der Waals surface area contributed by atoms with Crippen molar-refractivity contribution in [2.45, 2.75) is 0 Å². The lowest BCUT2D eigenvalue weighted by Gasteiger charge is -2.16. The molecule has 0 saturated heterocycles. The van der Waals surface area contributed by atoms with E-state index in [4.69, 9.17) is 0 Å². The molecule has 2 nitrogen and oxygen atoms in total. The van der Waals surface area contributed by atoms with Crippen LogP contribution in [0, 0.1) is 0 Å². The third kappa shape index (κ3) is 2.27. The first-order chi connectivity index (χ1) is 10.8. The van der Waals surface area contributed by atoms with Crippen LogP contribution < -0.4 is 9.80 Å². The topological polar surface area (TPSA) is 6.48 Å². The van der Waals surface area contributed by atoms with Crippen molar-refractivity contribution in [1.29, 1.82) is 0 Å². The lowest BCUT2D eigenvalue weighted by Crippen LogP contribution is -2.07. The van der Waals surface area contributed by atoms with E-state index in [0.29, 0.717) is 0 Å². The van der Waals surface area contributed by atoms with Crippen LogP contribution in [-0.4, -0.2) is 14.1 Å². The summed E-state index contributed by atoms with van der Waals surface area (Å²) in [7, 11) is 4.29. The summed E-state index contributed by atoms with van der Waals surface area (Å²) in [6.45, 7) is 0. The Morgan fingerprint density at radius 2 is 1.14 bits per heavy atom. The highest BCUT2D eigenvalue weighted by Crippen LogP contribution is 2.46. The molecule has 0 aliphatic carbocycles. The number of hydrogen-bond acceptors (Lipinski definition) is 6. The standard InChI is InChI=1S/C16H14N2S4/c1-17(11-3-5-19-7-11)13-9-21-16-14(10-22-15(13)16)18(2)12-4-6-20-8-12/h3-10H,1-2H3. The fourth-order valence-corrected chi connectivity index (χ4v) is 6.28. The van der Waals surface area contributed by atoms with Gasteiger partial charge in [-0.25, -0.2) is 0 Å². The van der Waals surface area contributed by atoms with Gasteiger partial charge in [-0.3, -0.25) is 0 Å². The maximum Gasteiger partial charge on any atom is 0.0709 e. The zero-order valence-electron chi connectivity index (χ0n) is 12.1. The lowest BCUT2D eigenvalue weighted by atomic mass is 10.3. The molecule has 0 unspecified atom stereocenters. The van der Waals surface area contributed by atoms with E-state index in [-0.39, 0.29) is 0 Å². The van der Waals surface area contributed by atoms with Gasteiger partial charge < -0.3 is 9.80 Å². The first-order valence-corrected chi connectivity index (χ1v) is 10.4. The van der Waals surface area contributed by atoms with Gasteiger partial charge in [0.25, 0.3) is 0 Å². The van der Waals surface area contributed by atoms with E-state index in [1.807, 2.05) is 22.7 Å². The Kier molecular flexibility index (Phi) is 3.69. The first kappa shape index (κ1) is 14.3. The molecular weight excluding hydrogens is 348 g/mol. The maximum absolute atomic E-state index is 2.28. The molecule has 4 rings (SSSR count). The Labute approximate surface area is 145 Å². The van der Waals surface area contributed by atoms with Gasteiger partial charge in [-0.2, -0.15) is 22.7 Å². The fourth-order valence-electron chi connectivity index (χ4n) is 2.43. The van der Waals surface area contributed by atoms with Gasteiger partial charge in [0.15, 0.2) is 0 Å². The number of anilines is 4. The van der Waals surface area contributed by atoms with E-state index in [2.05, 4.69) is 68.3 Å². The lowest BCUT2D eigenvalue weighted by molar-refractivity contribution is 1.24. The molecule has 0 N–H and O–H groups in total. The monoisotopic (exact) mass is 362 g/mol. The minimum absolute atomic E-state index is 1.26. The third-order valence-electron chi connectivity index (χ3n) is 3.76. The number of hydrogen-bond donors (Lipinski definition) is 0. The zero-order valence-corrected chi connectivity index (χ0v) is 15.4. The Morgan fingerprint density at radius 1 is 0.682 bits per heavy atom. The van der Waals surface area contributed by atoms with Crippen LogP contribution in [-0.2, 0) is 0 Å². The normalized spacial score (nSPS) is 11.2. The highest BCUT2D eigenvalue weighted by Gasteiger charge is 2.17. The molecule has 22 heavy (non-hydrogen) atoms. The molecule has 0 atom stereocenters. The second-order valence-electron chi connectivity index (χ2n) is 4.98. The van der Waals surface area contributed by atoms with Gasteiger partial charge in [-0.15, -0.1) is 22.7 Å². The van der Waals surface area contributed by atoms with E-state index in [1.54, 1.807) is 22.7 Å². The second-order valence-corrected chi connectivity index (χ2v) is 8.30. The van der Waals surface area contributed by atoms with Gasteiger partial charge in [0.1, 0.15) is 0 Å². The molecule has 0 radical (unpaired) electrons. The van der Waals surface area contributed by atoms with Gasteiger partial charge in [0.05, 0.1) is 32.1 Å². The van der Waals surface area contributed by atoms with Crippen LogP contribution in [0.1, 0.15) is 0 Å². The molecule has 4 heterocycles. The number of rotatable bonds is 4. The predicted molar refractivity (Wildman–Crippen MR) is 104 cm³/mol. The van der Waals surface area contributed by atoms with Crippen molar-refractivity contribution in [3.05, 3.63) is 44.4 Å².